The summed E-state index contributed by atoms with van der Waals surface area (Å²) in [7, 11) is 0. The Hall–Kier alpha value is -1.56. The first-order chi connectivity index (χ1) is 15.1. The Balaban J connectivity index is 1.47. The summed E-state index contributed by atoms with van der Waals surface area (Å²) < 4.78 is 1.98. The number of aromatic nitrogens is 2. The van der Waals surface area contributed by atoms with E-state index in [2.05, 4.69) is 10.4 Å². The van der Waals surface area contributed by atoms with E-state index in [-0.39, 0.29) is 5.91 Å². The number of benzene rings is 1. The van der Waals surface area contributed by atoms with Gasteiger partial charge in [0.1, 0.15) is 0 Å². The smallest absolute Gasteiger partial charge is 0.283 e. The van der Waals surface area contributed by atoms with Gasteiger partial charge in [0, 0.05) is 29.6 Å². The van der Waals surface area contributed by atoms with Crippen LogP contribution in [0.4, 0.5) is 0 Å². The van der Waals surface area contributed by atoms with Crippen LogP contribution < -0.4 is 5.43 Å². The number of halogens is 2. The van der Waals surface area contributed by atoms with Crippen molar-refractivity contribution in [3.63, 3.8) is 0 Å². The number of rotatable bonds is 3. The van der Waals surface area contributed by atoms with Crippen LogP contribution in [0.15, 0.2) is 18.2 Å². The highest BCUT2D eigenvalue weighted by atomic mass is 35.5. The number of carbonyl (C=O) groups is 1. The molecule has 2 heterocycles. The Kier molecular flexibility index (Phi) is 5.04. The molecule has 2 unspecified atom stereocenters. The van der Waals surface area contributed by atoms with Crippen molar-refractivity contribution in [3.8, 4) is 5.69 Å². The number of hydrazine groups is 1. The average Bonchev–Trinajstić information content (AvgIpc) is 3.05. The molecule has 2 saturated carbocycles. The van der Waals surface area contributed by atoms with Crippen LogP contribution in [0.1, 0.15) is 84.9 Å². The first-order valence-corrected chi connectivity index (χ1v) is 12.5. The van der Waals surface area contributed by atoms with Crippen molar-refractivity contribution in [3.05, 3.63) is 45.2 Å². The van der Waals surface area contributed by atoms with Gasteiger partial charge in [-0.2, -0.15) is 5.10 Å². The molecule has 4 aliphatic carbocycles. The second-order valence-corrected chi connectivity index (χ2v) is 10.8. The van der Waals surface area contributed by atoms with Crippen LogP contribution >= 0.6 is 23.2 Å². The van der Waals surface area contributed by atoms with Crippen LogP contribution in [0.5, 0.6) is 0 Å². The highest BCUT2D eigenvalue weighted by Crippen LogP contribution is 2.57. The molecular formula is C24H28Cl2N4O. The fourth-order valence-electron chi connectivity index (χ4n) is 6.75. The number of hydrogen-bond acceptors (Lipinski definition) is 3. The quantitative estimate of drug-likeness (QED) is 0.641. The second-order valence-electron chi connectivity index (χ2n) is 9.95. The van der Waals surface area contributed by atoms with E-state index in [0.29, 0.717) is 27.6 Å². The van der Waals surface area contributed by atoms with Crippen LogP contribution in [0.25, 0.3) is 5.69 Å². The fourth-order valence-corrected chi connectivity index (χ4v) is 7.24. The van der Waals surface area contributed by atoms with Crippen molar-refractivity contribution in [1.29, 1.82) is 0 Å². The van der Waals surface area contributed by atoms with E-state index in [4.69, 9.17) is 28.3 Å². The summed E-state index contributed by atoms with van der Waals surface area (Å²) in [6.45, 7) is 1.82. The molecule has 1 saturated heterocycles. The van der Waals surface area contributed by atoms with Crippen molar-refractivity contribution >= 4 is 29.1 Å². The van der Waals surface area contributed by atoms with Gasteiger partial charge in [0.05, 0.1) is 16.4 Å². The molecule has 31 heavy (non-hydrogen) atoms. The van der Waals surface area contributed by atoms with Crippen LogP contribution in [0, 0.1) is 11.8 Å². The van der Waals surface area contributed by atoms with Crippen molar-refractivity contribution < 1.29 is 4.79 Å². The molecule has 5 nitrogen and oxygen atoms in total. The van der Waals surface area contributed by atoms with Gasteiger partial charge in [-0.3, -0.25) is 10.2 Å². The van der Waals surface area contributed by atoms with Crippen molar-refractivity contribution in [2.75, 3.05) is 13.1 Å². The predicted molar refractivity (Wildman–Crippen MR) is 122 cm³/mol. The number of nitrogens with zero attached hydrogens (tertiary/aromatic N) is 3. The maximum atomic E-state index is 13.5. The zero-order valence-electron chi connectivity index (χ0n) is 17.6. The van der Waals surface area contributed by atoms with Gasteiger partial charge in [0.2, 0.25) is 0 Å². The van der Waals surface area contributed by atoms with Crippen LogP contribution in [0.2, 0.25) is 10.0 Å². The van der Waals surface area contributed by atoms with Gasteiger partial charge in [0.25, 0.3) is 5.91 Å². The number of carbonyl (C=O) groups excluding carboxylic acids is 1. The molecule has 1 aromatic carbocycles. The largest absolute Gasteiger partial charge is 0.286 e. The molecule has 2 aromatic rings. The van der Waals surface area contributed by atoms with Gasteiger partial charge >= 0.3 is 0 Å². The van der Waals surface area contributed by atoms with E-state index in [1.807, 2.05) is 16.8 Å². The molecule has 3 fully saturated rings. The summed E-state index contributed by atoms with van der Waals surface area (Å²) in [5.41, 5.74) is 7.00. The highest BCUT2D eigenvalue weighted by Gasteiger charge is 2.46. The Morgan fingerprint density at radius 1 is 0.968 bits per heavy atom. The predicted octanol–water partition coefficient (Wildman–Crippen LogP) is 5.70. The molecule has 1 aromatic heterocycles. The van der Waals surface area contributed by atoms with Gasteiger partial charge in [-0.25, -0.2) is 9.69 Å². The molecule has 1 aliphatic heterocycles. The van der Waals surface area contributed by atoms with Gasteiger partial charge in [-0.15, -0.1) is 0 Å². The Morgan fingerprint density at radius 3 is 2.39 bits per heavy atom. The molecule has 7 rings (SSSR count). The van der Waals surface area contributed by atoms with Crippen LogP contribution in [0.3, 0.4) is 0 Å². The molecule has 2 atom stereocenters. The maximum absolute atomic E-state index is 13.5. The molecule has 1 amide bonds. The van der Waals surface area contributed by atoms with E-state index in [9.17, 15) is 4.79 Å². The molecule has 1 N–H and O–H groups in total. The minimum atomic E-state index is -0.0665. The average molecular weight is 459 g/mol. The topological polar surface area (TPSA) is 50.2 Å². The van der Waals surface area contributed by atoms with Crippen molar-refractivity contribution in [1.82, 2.24) is 20.2 Å². The normalized spacial score (nSPS) is 29.6. The summed E-state index contributed by atoms with van der Waals surface area (Å²) >= 11 is 12.8. The summed E-state index contributed by atoms with van der Waals surface area (Å²) in [6.07, 6.45) is 9.60. The van der Waals surface area contributed by atoms with Crippen molar-refractivity contribution in [2.24, 2.45) is 11.8 Å². The molecule has 7 heteroatoms. The lowest BCUT2D eigenvalue weighted by Crippen LogP contribution is -2.45. The zero-order chi connectivity index (χ0) is 21.1. The lowest BCUT2D eigenvalue weighted by atomic mass is 9.67. The third-order valence-corrected chi connectivity index (χ3v) is 8.40. The Labute approximate surface area is 193 Å². The fraction of sp³-hybridized carbons (Fsp3) is 0.583. The standard InChI is InChI=1S/C24H28Cl2N4O/c25-18-4-5-20(19(26)13-18)30-23-17-11-14-8-15(12-17)10-16(9-14)21(23)22(27-30)24(31)28-29-6-2-1-3-7-29/h4-5,13-17H,1-3,6-12H2,(H,28,31). The first kappa shape index (κ1) is 20.1. The van der Waals surface area contributed by atoms with Crippen LogP contribution in [-0.2, 0) is 0 Å². The SMILES string of the molecule is O=C(NN1CCCCC1)c1nn(-c2ccc(Cl)cc2Cl)c2c1C1CC3CC(C1)CC2C3. The van der Waals surface area contributed by atoms with E-state index in [0.717, 1.165) is 43.5 Å². The number of hydrogen-bond donors (Lipinski definition) is 1. The van der Waals surface area contributed by atoms with Gasteiger partial charge < -0.3 is 0 Å². The summed E-state index contributed by atoms with van der Waals surface area (Å²) in [6, 6.07) is 5.55. The highest BCUT2D eigenvalue weighted by molar-refractivity contribution is 6.35. The zero-order valence-corrected chi connectivity index (χ0v) is 19.1. The number of nitrogens with one attached hydrogen (secondary N) is 1. The van der Waals surface area contributed by atoms with Gasteiger partial charge in [-0.1, -0.05) is 29.6 Å². The Morgan fingerprint density at radius 2 is 1.68 bits per heavy atom. The summed E-state index contributed by atoms with van der Waals surface area (Å²) in [5.74, 6) is 2.34. The van der Waals surface area contributed by atoms with Gasteiger partial charge in [0.15, 0.2) is 5.69 Å². The minimum Gasteiger partial charge on any atom is -0.283 e. The molecule has 5 aliphatic rings. The summed E-state index contributed by atoms with van der Waals surface area (Å²) in [4.78, 5) is 13.5. The third-order valence-electron chi connectivity index (χ3n) is 7.86. The van der Waals surface area contributed by atoms with E-state index in [1.165, 1.54) is 49.8 Å². The monoisotopic (exact) mass is 458 g/mol. The molecule has 0 spiro atoms. The number of amides is 1. The molecule has 4 bridgehead atoms. The maximum Gasteiger partial charge on any atom is 0.286 e. The molecular weight excluding hydrogens is 431 g/mol. The lowest BCUT2D eigenvalue weighted by Gasteiger charge is -2.38. The van der Waals surface area contributed by atoms with Crippen LogP contribution in [-0.4, -0.2) is 33.8 Å². The van der Waals surface area contributed by atoms with Crippen molar-refractivity contribution in [2.45, 2.75) is 63.2 Å². The second kappa shape index (κ2) is 7.79. The molecule has 0 radical (unpaired) electrons. The third kappa shape index (κ3) is 3.49. The first-order valence-electron chi connectivity index (χ1n) is 11.7. The molecule has 164 valence electrons. The Bertz CT molecular complexity index is 1010. The minimum absolute atomic E-state index is 0.0665. The lowest BCUT2D eigenvalue weighted by molar-refractivity contribution is 0.0741. The van der Waals surface area contributed by atoms with E-state index < -0.39 is 0 Å². The van der Waals surface area contributed by atoms with E-state index >= 15 is 0 Å². The number of piperidine rings is 1. The van der Waals surface area contributed by atoms with E-state index in [1.54, 1.807) is 6.07 Å². The van der Waals surface area contributed by atoms with Gasteiger partial charge in [-0.05, 0) is 80.9 Å². The summed E-state index contributed by atoms with van der Waals surface area (Å²) in [5, 5.41) is 8.18.